The molecular formula is C31H47ClN4O4Si3. The third-order valence-corrected chi connectivity index (χ3v) is 14.7. The van der Waals surface area contributed by atoms with E-state index in [1.54, 1.807) is 6.07 Å². The van der Waals surface area contributed by atoms with Gasteiger partial charge in [-0.25, -0.2) is 0 Å². The van der Waals surface area contributed by atoms with Crippen molar-refractivity contribution in [3.05, 3.63) is 64.0 Å². The van der Waals surface area contributed by atoms with Crippen LogP contribution in [0.4, 0.5) is 5.69 Å². The van der Waals surface area contributed by atoms with Gasteiger partial charge < -0.3 is 23.0 Å². The van der Waals surface area contributed by atoms with Gasteiger partial charge in [-0.2, -0.15) is 5.26 Å². The molecule has 43 heavy (non-hydrogen) atoms. The van der Waals surface area contributed by atoms with Crippen LogP contribution in [0.25, 0.3) is 11.5 Å². The van der Waals surface area contributed by atoms with Crippen LogP contribution in [0.1, 0.15) is 70.2 Å². The number of hydrogen-bond acceptors (Lipinski definition) is 8. The van der Waals surface area contributed by atoms with E-state index in [-0.39, 0.29) is 22.8 Å². The lowest BCUT2D eigenvalue weighted by atomic mass is 9.83. The molecule has 0 aliphatic heterocycles. The van der Waals surface area contributed by atoms with Crippen molar-refractivity contribution in [2.45, 2.75) is 104 Å². The molecule has 0 radical (unpaired) electrons. The zero-order chi connectivity index (χ0) is 32.2. The minimum absolute atomic E-state index is 0.0166. The molecule has 1 aromatic heterocycles. The molecular weight excluding hydrogens is 612 g/mol. The van der Waals surface area contributed by atoms with Gasteiger partial charge in [0.1, 0.15) is 18.4 Å². The lowest BCUT2D eigenvalue weighted by molar-refractivity contribution is -0.0433. The van der Waals surface area contributed by atoms with Crippen LogP contribution in [-0.4, -0.2) is 50.4 Å². The van der Waals surface area contributed by atoms with Crippen LogP contribution in [0, 0.1) is 18.3 Å². The molecule has 0 aliphatic carbocycles. The Hall–Kier alpha value is -2.31. The number of aromatic nitrogens is 2. The first-order valence-corrected chi connectivity index (χ1v) is 22.1. The molecule has 3 rings (SSSR count). The van der Waals surface area contributed by atoms with Gasteiger partial charge in [0.25, 0.3) is 0 Å². The minimum atomic E-state index is -2.14. The number of nitriles is 1. The molecule has 0 aliphatic rings. The summed E-state index contributed by atoms with van der Waals surface area (Å²) >= 11 is 6.51. The van der Waals surface area contributed by atoms with Gasteiger partial charge in [0.15, 0.2) is 27.8 Å². The number of nitrogens with one attached hydrogen (secondary N) is 1. The van der Waals surface area contributed by atoms with Gasteiger partial charge in [-0.1, -0.05) is 71.4 Å². The molecule has 0 amide bonds. The Kier molecular flexibility index (Phi) is 11.6. The van der Waals surface area contributed by atoms with Crippen molar-refractivity contribution in [1.29, 1.82) is 5.26 Å². The first kappa shape index (κ1) is 35.2. The largest absolute Gasteiger partial charge is 0.418 e. The lowest BCUT2D eigenvalue weighted by Gasteiger charge is -2.40. The Balaban J connectivity index is 1.97. The molecule has 0 bridgehead atoms. The summed E-state index contributed by atoms with van der Waals surface area (Å²) in [5.74, 6) is 0.833. The van der Waals surface area contributed by atoms with E-state index in [9.17, 15) is 5.26 Å². The Morgan fingerprint density at radius 3 is 2.14 bits per heavy atom. The SMILES string of the molecule is C[SiH2]OC(O[SiH2]C)C(C)(C)c1ccc(-c2nnc([C@H](Nc3ccc(C#N)c(Cl)c3C)[C@H](C)O[Si](C)(C)C(C)(C)C)o2)cc1. The van der Waals surface area contributed by atoms with Crippen LogP contribution in [0.15, 0.2) is 40.8 Å². The quantitative estimate of drug-likeness (QED) is 0.154. The number of benzene rings is 2. The van der Waals surface area contributed by atoms with Gasteiger partial charge in [0, 0.05) is 16.7 Å². The molecule has 3 aromatic rings. The molecule has 0 fully saturated rings. The highest BCUT2D eigenvalue weighted by molar-refractivity contribution is 6.74. The third kappa shape index (κ3) is 8.05. The van der Waals surface area contributed by atoms with E-state index in [1.165, 1.54) is 0 Å². The van der Waals surface area contributed by atoms with Gasteiger partial charge in [0.2, 0.25) is 11.8 Å². The molecule has 1 heterocycles. The van der Waals surface area contributed by atoms with Crippen LogP contribution in [0.3, 0.4) is 0 Å². The van der Waals surface area contributed by atoms with E-state index in [0.717, 1.165) is 22.4 Å². The molecule has 0 saturated carbocycles. The lowest BCUT2D eigenvalue weighted by Crippen LogP contribution is -2.45. The van der Waals surface area contributed by atoms with Crippen molar-refractivity contribution in [1.82, 2.24) is 10.2 Å². The summed E-state index contributed by atoms with van der Waals surface area (Å²) in [6, 6.07) is 13.4. The van der Waals surface area contributed by atoms with Crippen molar-refractivity contribution < 1.29 is 17.7 Å². The van der Waals surface area contributed by atoms with E-state index in [0.29, 0.717) is 22.4 Å². The highest BCUT2D eigenvalue weighted by atomic mass is 35.5. The monoisotopic (exact) mass is 658 g/mol. The second-order valence-electron chi connectivity index (χ2n) is 12.9. The van der Waals surface area contributed by atoms with Crippen LogP contribution < -0.4 is 5.32 Å². The standard InChI is InChI=1S/C31H47ClN4O4Si3/c1-19-24(17-14-22(18-33)25(19)32)34-26(20(2)40-43(10,11)30(3,4)5)28-36-35-27(37-28)21-12-15-23(16-13-21)31(6,7)29(38-41-8)39-42-9/h12-17,20,26,29,34H,41-42H2,1-11H3/t20-,26+/m0/s1. The summed E-state index contributed by atoms with van der Waals surface area (Å²) in [7, 11) is -3.38. The van der Waals surface area contributed by atoms with Crippen molar-refractivity contribution in [3.8, 4) is 17.5 Å². The Bertz CT molecular complexity index is 1410. The normalized spacial score (nSPS) is 15.2. The Morgan fingerprint density at radius 2 is 1.60 bits per heavy atom. The average molecular weight is 659 g/mol. The first-order chi connectivity index (χ1) is 20.1. The zero-order valence-corrected chi connectivity index (χ0v) is 32.0. The summed E-state index contributed by atoms with van der Waals surface area (Å²) in [5, 5.41) is 22.3. The highest BCUT2D eigenvalue weighted by Crippen LogP contribution is 2.40. The molecule has 0 spiro atoms. The molecule has 8 nitrogen and oxygen atoms in total. The van der Waals surface area contributed by atoms with Gasteiger partial charge >= 0.3 is 0 Å². The Labute approximate surface area is 267 Å². The average Bonchev–Trinajstić information content (AvgIpc) is 3.43. The topological polar surface area (TPSA) is 102 Å². The van der Waals surface area contributed by atoms with Gasteiger partial charge in [-0.3, -0.25) is 0 Å². The number of hydrogen-bond donors (Lipinski definition) is 1. The number of rotatable bonds is 13. The fraction of sp³-hybridized carbons (Fsp3) is 0.516. The fourth-order valence-electron chi connectivity index (χ4n) is 4.61. The second kappa shape index (κ2) is 14.2. The number of halogens is 1. The summed E-state index contributed by atoms with van der Waals surface area (Å²) < 4.78 is 25.2. The maximum Gasteiger partial charge on any atom is 0.247 e. The van der Waals surface area contributed by atoms with E-state index in [2.05, 4.69) is 94.5 Å². The van der Waals surface area contributed by atoms with Gasteiger partial charge in [-0.05, 0) is 67.4 Å². The predicted molar refractivity (Wildman–Crippen MR) is 183 cm³/mol. The summed E-state index contributed by atoms with van der Waals surface area (Å²) in [4.78, 5) is 0. The number of anilines is 1. The zero-order valence-electron chi connectivity index (χ0n) is 27.5. The minimum Gasteiger partial charge on any atom is -0.418 e. The molecule has 2 atom stereocenters. The first-order valence-electron chi connectivity index (χ1n) is 14.9. The van der Waals surface area contributed by atoms with Crippen LogP contribution in [0.2, 0.25) is 36.2 Å². The fourth-order valence-corrected chi connectivity index (χ4v) is 8.06. The van der Waals surface area contributed by atoms with E-state index < -0.39 is 33.9 Å². The predicted octanol–water partition coefficient (Wildman–Crippen LogP) is 7.03. The van der Waals surface area contributed by atoms with Gasteiger partial charge in [0.05, 0.1) is 16.7 Å². The number of nitrogens with zero attached hydrogens (tertiary/aromatic N) is 3. The van der Waals surface area contributed by atoms with E-state index in [4.69, 9.17) is 29.3 Å². The van der Waals surface area contributed by atoms with Crippen molar-refractivity contribution >= 4 is 45.1 Å². The summed E-state index contributed by atoms with van der Waals surface area (Å²) in [6.45, 7) is 23.5. The van der Waals surface area contributed by atoms with Crippen LogP contribution in [-0.2, 0) is 18.7 Å². The van der Waals surface area contributed by atoms with Gasteiger partial charge in [-0.15, -0.1) is 10.2 Å². The van der Waals surface area contributed by atoms with Crippen molar-refractivity contribution in [2.24, 2.45) is 0 Å². The molecule has 0 saturated heterocycles. The molecule has 1 N–H and O–H groups in total. The third-order valence-electron chi connectivity index (χ3n) is 8.38. The van der Waals surface area contributed by atoms with Crippen LogP contribution >= 0.6 is 11.6 Å². The molecule has 234 valence electrons. The summed E-state index contributed by atoms with van der Waals surface area (Å²) in [5.41, 5.74) is 3.62. The van der Waals surface area contributed by atoms with E-state index >= 15 is 0 Å². The molecule has 12 heteroatoms. The molecule has 2 aromatic carbocycles. The van der Waals surface area contributed by atoms with Crippen molar-refractivity contribution in [3.63, 3.8) is 0 Å². The summed E-state index contributed by atoms with van der Waals surface area (Å²) in [6.07, 6.45) is -0.539. The Morgan fingerprint density at radius 1 is 1.00 bits per heavy atom. The maximum atomic E-state index is 9.42. The molecule has 0 unspecified atom stereocenters. The maximum absolute atomic E-state index is 9.42. The van der Waals surface area contributed by atoms with E-state index in [1.807, 2.05) is 32.0 Å². The van der Waals surface area contributed by atoms with Crippen molar-refractivity contribution in [2.75, 3.05) is 5.32 Å². The van der Waals surface area contributed by atoms with Crippen LogP contribution in [0.5, 0.6) is 0 Å². The highest BCUT2D eigenvalue weighted by Gasteiger charge is 2.41. The second-order valence-corrected chi connectivity index (χ2v) is 19.9. The smallest absolute Gasteiger partial charge is 0.247 e.